The van der Waals surface area contributed by atoms with Gasteiger partial charge in [0, 0.05) is 18.9 Å². The van der Waals surface area contributed by atoms with Crippen LogP contribution in [0.5, 0.6) is 0 Å². The Morgan fingerprint density at radius 1 is 1.37 bits per heavy atom. The van der Waals surface area contributed by atoms with Gasteiger partial charge in [-0.1, -0.05) is 18.7 Å². The van der Waals surface area contributed by atoms with Crippen LogP contribution in [0.25, 0.3) is 0 Å². The fraction of sp³-hybridized carbons (Fsp3) is 0.412. The van der Waals surface area contributed by atoms with Crippen LogP contribution in [0.1, 0.15) is 45.9 Å². The van der Waals surface area contributed by atoms with Crippen molar-refractivity contribution in [1.29, 1.82) is 0 Å². The van der Waals surface area contributed by atoms with Crippen LogP contribution < -0.4 is 11.1 Å². The molecule has 2 aromatic rings. The van der Waals surface area contributed by atoms with Gasteiger partial charge in [-0.25, -0.2) is 9.78 Å². The lowest BCUT2D eigenvalue weighted by atomic mass is 10.1. The van der Waals surface area contributed by atoms with E-state index >= 15 is 0 Å². The number of primary amides is 1. The zero-order chi connectivity index (χ0) is 20.0. The molecule has 0 radical (unpaired) electrons. The summed E-state index contributed by atoms with van der Waals surface area (Å²) in [6.45, 7) is 6.36. The number of hydrogen-bond donors (Lipinski definition) is 2. The van der Waals surface area contributed by atoms with E-state index in [0.717, 1.165) is 29.5 Å². The fourth-order valence-corrected chi connectivity index (χ4v) is 4.27. The molecular weight excluding hydrogens is 388 g/mol. The summed E-state index contributed by atoms with van der Waals surface area (Å²) >= 11 is 2.27. The summed E-state index contributed by atoms with van der Waals surface area (Å²) in [5.74, 6) is -1.44. The van der Waals surface area contributed by atoms with Crippen molar-refractivity contribution in [3.8, 4) is 0 Å². The molecule has 0 aliphatic heterocycles. The second kappa shape index (κ2) is 9.56. The van der Waals surface area contributed by atoms with Crippen molar-refractivity contribution in [3.05, 3.63) is 28.4 Å². The number of nitrogens with one attached hydrogen (secondary N) is 1. The molecule has 27 heavy (non-hydrogen) atoms. The van der Waals surface area contributed by atoms with E-state index in [0.29, 0.717) is 5.56 Å². The third-order valence-corrected chi connectivity index (χ3v) is 5.80. The highest BCUT2D eigenvalue weighted by Crippen LogP contribution is 2.33. The number of carbonyl (C=O) groups is 3. The molecule has 0 aliphatic carbocycles. The van der Waals surface area contributed by atoms with Crippen LogP contribution in [-0.4, -0.2) is 39.7 Å². The van der Waals surface area contributed by atoms with E-state index in [1.165, 1.54) is 11.8 Å². The Labute approximate surface area is 165 Å². The average molecular weight is 411 g/mol. The van der Waals surface area contributed by atoms with Gasteiger partial charge in [0.05, 0.1) is 22.8 Å². The van der Waals surface area contributed by atoms with E-state index in [9.17, 15) is 14.4 Å². The van der Waals surface area contributed by atoms with Crippen molar-refractivity contribution in [3.63, 3.8) is 0 Å². The number of carbonyl (C=O) groups excluding carboxylic acids is 3. The Morgan fingerprint density at radius 3 is 2.74 bits per heavy atom. The first kappa shape index (κ1) is 21.0. The van der Waals surface area contributed by atoms with Gasteiger partial charge in [-0.3, -0.25) is 9.59 Å². The number of rotatable bonds is 9. The maximum atomic E-state index is 12.4. The third kappa shape index (κ3) is 5.10. The normalized spacial score (nSPS) is 10.6. The van der Waals surface area contributed by atoms with Crippen LogP contribution in [0.4, 0.5) is 5.00 Å². The number of aromatic nitrogens is 2. The third-order valence-electron chi connectivity index (χ3n) is 3.58. The molecule has 3 N–H and O–H groups in total. The van der Waals surface area contributed by atoms with Gasteiger partial charge in [0.25, 0.3) is 5.91 Å². The first-order valence-electron chi connectivity index (χ1n) is 8.43. The predicted molar refractivity (Wildman–Crippen MR) is 105 cm³/mol. The lowest BCUT2D eigenvalue weighted by molar-refractivity contribution is -0.113. The number of esters is 1. The first-order valence-corrected chi connectivity index (χ1v) is 10.2. The van der Waals surface area contributed by atoms with E-state index in [1.807, 2.05) is 10.8 Å². The summed E-state index contributed by atoms with van der Waals surface area (Å²) in [4.78, 5) is 40.6. The summed E-state index contributed by atoms with van der Waals surface area (Å²) < 4.78 is 7.01. The molecule has 0 atom stereocenters. The molecule has 0 aromatic carbocycles. The fourth-order valence-electron chi connectivity index (χ4n) is 2.43. The highest BCUT2D eigenvalue weighted by Gasteiger charge is 2.25. The lowest BCUT2D eigenvalue weighted by Gasteiger charge is -2.08. The minimum atomic E-state index is -0.653. The van der Waals surface area contributed by atoms with E-state index in [4.69, 9.17) is 10.5 Å². The lowest BCUT2D eigenvalue weighted by Crippen LogP contribution is -2.17. The highest BCUT2D eigenvalue weighted by molar-refractivity contribution is 7.99. The van der Waals surface area contributed by atoms with Crippen molar-refractivity contribution in [2.75, 3.05) is 17.7 Å². The van der Waals surface area contributed by atoms with Gasteiger partial charge >= 0.3 is 5.97 Å². The molecule has 146 valence electrons. The molecule has 2 aromatic heterocycles. The van der Waals surface area contributed by atoms with Gasteiger partial charge in [-0.05, 0) is 25.8 Å². The molecule has 0 aliphatic rings. The largest absolute Gasteiger partial charge is 0.462 e. The summed E-state index contributed by atoms with van der Waals surface area (Å²) in [6.07, 6.45) is 4.52. The zero-order valence-corrected chi connectivity index (χ0v) is 17.0. The molecule has 2 heterocycles. The van der Waals surface area contributed by atoms with Crippen LogP contribution >= 0.6 is 23.1 Å². The molecule has 0 unspecified atom stereocenters. The van der Waals surface area contributed by atoms with Crippen LogP contribution in [0.3, 0.4) is 0 Å². The summed E-state index contributed by atoms with van der Waals surface area (Å²) in [5, 5.41) is 3.71. The molecular formula is C17H22N4O4S2. The molecule has 0 saturated carbocycles. The Kier molecular flexibility index (Phi) is 7.43. The Morgan fingerprint density at radius 2 is 2.11 bits per heavy atom. The second-order valence-corrected chi connectivity index (χ2v) is 7.55. The van der Waals surface area contributed by atoms with E-state index in [-0.39, 0.29) is 33.7 Å². The molecule has 2 rings (SSSR count). The van der Waals surface area contributed by atoms with E-state index < -0.39 is 11.9 Å². The van der Waals surface area contributed by atoms with Crippen LogP contribution in [-0.2, 0) is 16.1 Å². The number of anilines is 1. The van der Waals surface area contributed by atoms with E-state index in [2.05, 4.69) is 17.2 Å². The van der Waals surface area contributed by atoms with Crippen molar-refractivity contribution >= 4 is 45.9 Å². The Bertz CT molecular complexity index is 844. The number of aryl methyl sites for hydroxylation is 1. The number of hydrogen-bond acceptors (Lipinski definition) is 7. The molecule has 8 nitrogen and oxygen atoms in total. The topological polar surface area (TPSA) is 116 Å². The number of nitrogens with zero attached hydrogens (tertiary/aromatic N) is 2. The number of thiophene rings is 1. The minimum absolute atomic E-state index is 0.117. The average Bonchev–Trinajstić information content (AvgIpc) is 3.18. The standard InChI is InChI=1S/C17H22N4O4S2/c1-4-7-21-8-6-19-17(21)26-9-11(22)20-15-12(16(24)25-5-2)10(3)13(27-15)14(18)23/h6,8H,4-5,7,9H2,1-3H3,(H2,18,23)(H,20,22). The summed E-state index contributed by atoms with van der Waals surface area (Å²) in [5.41, 5.74) is 5.94. The van der Waals surface area contributed by atoms with Crippen LogP contribution in [0.15, 0.2) is 17.6 Å². The van der Waals surface area contributed by atoms with Gasteiger partial charge in [0.2, 0.25) is 5.91 Å². The molecule has 0 fully saturated rings. The van der Waals surface area contributed by atoms with Crippen molar-refractivity contribution in [2.24, 2.45) is 5.73 Å². The Balaban J connectivity index is 2.14. The monoisotopic (exact) mass is 410 g/mol. The summed E-state index contributed by atoms with van der Waals surface area (Å²) in [7, 11) is 0. The molecule has 0 spiro atoms. The van der Waals surface area contributed by atoms with Gasteiger partial charge < -0.3 is 20.4 Å². The van der Waals surface area contributed by atoms with Gasteiger partial charge in [0.15, 0.2) is 5.16 Å². The van der Waals surface area contributed by atoms with Crippen molar-refractivity contribution in [2.45, 2.75) is 38.9 Å². The van der Waals surface area contributed by atoms with Crippen molar-refractivity contribution < 1.29 is 19.1 Å². The molecule has 10 heteroatoms. The maximum absolute atomic E-state index is 12.4. The van der Waals surface area contributed by atoms with Crippen LogP contribution in [0, 0.1) is 6.92 Å². The number of imidazole rings is 1. The smallest absolute Gasteiger partial charge is 0.341 e. The molecule has 2 amide bonds. The highest BCUT2D eigenvalue weighted by atomic mass is 32.2. The number of nitrogens with two attached hydrogens (primary N) is 1. The summed E-state index contributed by atoms with van der Waals surface area (Å²) in [6, 6.07) is 0. The predicted octanol–water partition coefficient (Wildman–Crippen LogP) is 2.67. The van der Waals surface area contributed by atoms with Gasteiger partial charge in [0.1, 0.15) is 5.00 Å². The molecule has 0 saturated heterocycles. The SMILES string of the molecule is CCCn1ccnc1SCC(=O)Nc1sc(C(N)=O)c(C)c1C(=O)OCC. The Hall–Kier alpha value is -2.33. The first-order chi connectivity index (χ1) is 12.9. The van der Waals surface area contributed by atoms with Gasteiger partial charge in [-0.2, -0.15) is 0 Å². The van der Waals surface area contributed by atoms with Crippen molar-refractivity contribution in [1.82, 2.24) is 9.55 Å². The molecule has 0 bridgehead atoms. The zero-order valence-electron chi connectivity index (χ0n) is 15.4. The van der Waals surface area contributed by atoms with E-state index in [1.54, 1.807) is 20.0 Å². The number of amides is 2. The second-order valence-electron chi connectivity index (χ2n) is 5.59. The quantitative estimate of drug-likeness (QED) is 0.485. The maximum Gasteiger partial charge on any atom is 0.341 e. The minimum Gasteiger partial charge on any atom is -0.462 e. The van der Waals surface area contributed by atoms with Crippen LogP contribution in [0.2, 0.25) is 0 Å². The van der Waals surface area contributed by atoms with Gasteiger partial charge in [-0.15, -0.1) is 11.3 Å². The number of ether oxygens (including phenoxy) is 1. The number of thioether (sulfide) groups is 1.